The Kier molecular flexibility index (Phi) is 8.42. The van der Waals surface area contributed by atoms with Gasteiger partial charge in [0.25, 0.3) is 5.91 Å². The highest BCUT2D eigenvalue weighted by Crippen LogP contribution is 2.16. The van der Waals surface area contributed by atoms with E-state index in [9.17, 15) is 9.59 Å². The van der Waals surface area contributed by atoms with Gasteiger partial charge in [0, 0.05) is 23.5 Å². The molecule has 1 heterocycles. The first-order chi connectivity index (χ1) is 15.1. The van der Waals surface area contributed by atoms with Crippen molar-refractivity contribution in [3.63, 3.8) is 0 Å². The standard InChI is InChI=1S/C26H30N2O2S/c1-3-16-27(26(30)23-14-12-21(4-2)13-15-23)20-25(29)28(19-24-11-8-17-31-24)18-22-9-6-5-7-10-22/h5-15,17H,3-4,16,18-20H2,1-2H3. The fourth-order valence-electron chi connectivity index (χ4n) is 3.48. The van der Waals surface area contributed by atoms with E-state index in [0.29, 0.717) is 25.2 Å². The molecule has 5 heteroatoms. The molecule has 0 atom stereocenters. The lowest BCUT2D eigenvalue weighted by Gasteiger charge is -2.27. The number of rotatable bonds is 10. The predicted octanol–water partition coefficient (Wildman–Crippen LogP) is 5.39. The SMILES string of the molecule is CCCN(CC(=O)N(Cc1ccccc1)Cc1cccs1)C(=O)c1ccc(CC)cc1. The molecule has 0 bridgehead atoms. The van der Waals surface area contributed by atoms with Crippen LogP contribution in [0.4, 0.5) is 0 Å². The van der Waals surface area contributed by atoms with Gasteiger partial charge in [0.1, 0.15) is 6.54 Å². The highest BCUT2D eigenvalue weighted by Gasteiger charge is 2.22. The summed E-state index contributed by atoms with van der Waals surface area (Å²) in [6.45, 7) is 5.83. The highest BCUT2D eigenvalue weighted by molar-refractivity contribution is 7.09. The van der Waals surface area contributed by atoms with Crippen molar-refractivity contribution in [2.45, 2.75) is 39.8 Å². The number of carbonyl (C=O) groups excluding carboxylic acids is 2. The normalized spacial score (nSPS) is 10.6. The molecule has 0 spiro atoms. The molecule has 3 aromatic rings. The Balaban J connectivity index is 1.76. The molecule has 0 radical (unpaired) electrons. The van der Waals surface area contributed by atoms with Crippen molar-refractivity contribution < 1.29 is 9.59 Å². The molecule has 162 valence electrons. The van der Waals surface area contributed by atoms with Crippen LogP contribution in [0.5, 0.6) is 0 Å². The van der Waals surface area contributed by atoms with E-state index in [1.807, 2.05) is 83.9 Å². The largest absolute Gasteiger partial charge is 0.332 e. The number of amides is 2. The second kappa shape index (κ2) is 11.5. The number of hydrogen-bond donors (Lipinski definition) is 0. The van der Waals surface area contributed by atoms with Gasteiger partial charge < -0.3 is 9.80 Å². The number of nitrogens with zero attached hydrogens (tertiary/aromatic N) is 2. The lowest BCUT2D eigenvalue weighted by molar-refractivity contribution is -0.133. The minimum absolute atomic E-state index is 0.0377. The lowest BCUT2D eigenvalue weighted by atomic mass is 10.1. The van der Waals surface area contributed by atoms with Gasteiger partial charge >= 0.3 is 0 Å². The summed E-state index contributed by atoms with van der Waals surface area (Å²) >= 11 is 1.64. The van der Waals surface area contributed by atoms with Crippen LogP contribution in [0, 0.1) is 0 Å². The number of carbonyl (C=O) groups is 2. The summed E-state index contributed by atoms with van der Waals surface area (Å²) in [5.41, 5.74) is 2.90. The molecule has 0 unspecified atom stereocenters. The van der Waals surface area contributed by atoms with E-state index in [0.717, 1.165) is 23.3 Å². The fraction of sp³-hybridized carbons (Fsp3) is 0.308. The maximum Gasteiger partial charge on any atom is 0.254 e. The number of aryl methyl sites for hydroxylation is 1. The fourth-order valence-corrected chi connectivity index (χ4v) is 4.20. The Hall–Kier alpha value is -2.92. The van der Waals surface area contributed by atoms with Crippen LogP contribution in [0.3, 0.4) is 0 Å². The summed E-state index contributed by atoms with van der Waals surface area (Å²) in [4.78, 5) is 31.1. The lowest BCUT2D eigenvalue weighted by Crippen LogP contribution is -2.42. The van der Waals surface area contributed by atoms with Crippen LogP contribution >= 0.6 is 11.3 Å². The number of thiophene rings is 1. The quantitative estimate of drug-likeness (QED) is 0.429. The predicted molar refractivity (Wildman–Crippen MR) is 127 cm³/mol. The topological polar surface area (TPSA) is 40.6 Å². The average Bonchev–Trinajstić information content (AvgIpc) is 3.32. The molecule has 1 aromatic heterocycles. The van der Waals surface area contributed by atoms with Crippen LogP contribution in [0.25, 0.3) is 0 Å². The van der Waals surface area contributed by atoms with Crippen molar-refractivity contribution >= 4 is 23.2 Å². The molecule has 2 amide bonds. The summed E-state index contributed by atoms with van der Waals surface area (Å²) in [5, 5.41) is 2.02. The zero-order valence-electron chi connectivity index (χ0n) is 18.3. The second-order valence-electron chi connectivity index (χ2n) is 7.59. The van der Waals surface area contributed by atoms with Crippen molar-refractivity contribution in [1.29, 1.82) is 0 Å². The van der Waals surface area contributed by atoms with Crippen LogP contribution < -0.4 is 0 Å². The van der Waals surface area contributed by atoms with Crippen LogP contribution in [0.15, 0.2) is 72.1 Å². The Labute approximate surface area is 189 Å². The Bertz CT molecular complexity index is 953. The van der Waals surface area contributed by atoms with E-state index in [-0.39, 0.29) is 18.4 Å². The van der Waals surface area contributed by atoms with E-state index in [1.54, 1.807) is 16.2 Å². The molecule has 31 heavy (non-hydrogen) atoms. The van der Waals surface area contributed by atoms with Crippen LogP contribution in [-0.2, 0) is 24.3 Å². The monoisotopic (exact) mass is 434 g/mol. The highest BCUT2D eigenvalue weighted by atomic mass is 32.1. The summed E-state index contributed by atoms with van der Waals surface area (Å²) in [5.74, 6) is -0.127. The molecule has 0 aliphatic heterocycles. The third kappa shape index (κ3) is 6.53. The smallest absolute Gasteiger partial charge is 0.254 e. The van der Waals surface area contributed by atoms with E-state index in [2.05, 4.69) is 6.92 Å². The third-order valence-electron chi connectivity index (χ3n) is 5.21. The molecule has 3 rings (SSSR count). The maximum absolute atomic E-state index is 13.3. The van der Waals surface area contributed by atoms with Crippen LogP contribution in [0.1, 0.15) is 46.6 Å². The first-order valence-corrected chi connectivity index (χ1v) is 11.7. The van der Waals surface area contributed by atoms with Crippen molar-refractivity contribution in [1.82, 2.24) is 9.80 Å². The van der Waals surface area contributed by atoms with E-state index < -0.39 is 0 Å². The molecular formula is C26H30N2O2S. The number of benzene rings is 2. The minimum Gasteiger partial charge on any atom is -0.332 e. The Morgan fingerprint density at radius 2 is 1.55 bits per heavy atom. The Morgan fingerprint density at radius 3 is 2.16 bits per heavy atom. The molecular weight excluding hydrogens is 404 g/mol. The second-order valence-corrected chi connectivity index (χ2v) is 8.62. The van der Waals surface area contributed by atoms with Crippen molar-refractivity contribution in [3.8, 4) is 0 Å². The van der Waals surface area contributed by atoms with E-state index in [4.69, 9.17) is 0 Å². The van der Waals surface area contributed by atoms with Gasteiger partial charge in [-0.3, -0.25) is 9.59 Å². The van der Waals surface area contributed by atoms with Gasteiger partial charge in [-0.2, -0.15) is 0 Å². The van der Waals surface area contributed by atoms with Crippen molar-refractivity contribution in [3.05, 3.63) is 93.7 Å². The molecule has 0 aliphatic rings. The first-order valence-electron chi connectivity index (χ1n) is 10.8. The van der Waals surface area contributed by atoms with Gasteiger partial charge in [-0.15, -0.1) is 11.3 Å². The van der Waals surface area contributed by atoms with Gasteiger partial charge in [-0.05, 0) is 47.5 Å². The zero-order chi connectivity index (χ0) is 22.1. The van der Waals surface area contributed by atoms with Crippen molar-refractivity contribution in [2.75, 3.05) is 13.1 Å². The molecule has 0 N–H and O–H groups in total. The van der Waals surface area contributed by atoms with Gasteiger partial charge in [0.15, 0.2) is 0 Å². The summed E-state index contributed by atoms with van der Waals surface area (Å²) in [6.07, 6.45) is 1.73. The number of hydrogen-bond acceptors (Lipinski definition) is 3. The van der Waals surface area contributed by atoms with E-state index >= 15 is 0 Å². The average molecular weight is 435 g/mol. The van der Waals surface area contributed by atoms with Crippen LogP contribution in [-0.4, -0.2) is 34.7 Å². The van der Waals surface area contributed by atoms with Gasteiger partial charge in [0.2, 0.25) is 5.91 Å². The zero-order valence-corrected chi connectivity index (χ0v) is 19.1. The van der Waals surface area contributed by atoms with Gasteiger partial charge in [-0.1, -0.05) is 62.4 Å². The van der Waals surface area contributed by atoms with E-state index in [1.165, 1.54) is 5.56 Å². The Morgan fingerprint density at radius 1 is 0.806 bits per heavy atom. The molecule has 0 saturated carbocycles. The first kappa shape index (κ1) is 22.8. The third-order valence-corrected chi connectivity index (χ3v) is 6.07. The molecule has 4 nitrogen and oxygen atoms in total. The molecule has 2 aromatic carbocycles. The molecule has 0 fully saturated rings. The van der Waals surface area contributed by atoms with Gasteiger partial charge in [-0.25, -0.2) is 0 Å². The summed E-state index contributed by atoms with van der Waals surface area (Å²) in [6, 6.07) is 21.7. The summed E-state index contributed by atoms with van der Waals surface area (Å²) in [7, 11) is 0. The summed E-state index contributed by atoms with van der Waals surface area (Å²) < 4.78 is 0. The molecule has 0 aliphatic carbocycles. The minimum atomic E-state index is -0.0892. The van der Waals surface area contributed by atoms with Gasteiger partial charge in [0.05, 0.1) is 6.54 Å². The maximum atomic E-state index is 13.3. The molecule has 0 saturated heterocycles. The van der Waals surface area contributed by atoms with Crippen LogP contribution in [0.2, 0.25) is 0 Å². The van der Waals surface area contributed by atoms with Crippen molar-refractivity contribution in [2.24, 2.45) is 0 Å².